The molecular formula is C11H14FNO3S. The van der Waals surface area contributed by atoms with E-state index in [0.717, 1.165) is 0 Å². The summed E-state index contributed by atoms with van der Waals surface area (Å²) in [6, 6.07) is 3.80. The molecule has 0 saturated carbocycles. The maximum atomic E-state index is 13.1. The predicted octanol–water partition coefficient (Wildman–Crippen LogP) is 1.42. The van der Waals surface area contributed by atoms with E-state index >= 15 is 0 Å². The van der Waals surface area contributed by atoms with Gasteiger partial charge in [-0.25, -0.2) is 12.8 Å². The summed E-state index contributed by atoms with van der Waals surface area (Å²) in [5.41, 5.74) is 0.722. The third kappa shape index (κ3) is 2.14. The van der Waals surface area contributed by atoms with E-state index in [1.54, 1.807) is 0 Å². The number of halogens is 1. The van der Waals surface area contributed by atoms with Gasteiger partial charge in [-0.05, 0) is 24.6 Å². The van der Waals surface area contributed by atoms with Crippen LogP contribution in [0.2, 0.25) is 0 Å². The largest absolute Gasteiger partial charge is 0.387 e. The van der Waals surface area contributed by atoms with Crippen molar-refractivity contribution < 1.29 is 17.9 Å². The second kappa shape index (κ2) is 4.27. The van der Waals surface area contributed by atoms with Crippen LogP contribution in [0.1, 0.15) is 25.0 Å². The van der Waals surface area contributed by atoms with Crippen LogP contribution in [-0.2, 0) is 10.0 Å². The van der Waals surface area contributed by atoms with Gasteiger partial charge < -0.3 is 5.11 Å². The van der Waals surface area contributed by atoms with E-state index in [2.05, 4.69) is 0 Å². The first-order chi connectivity index (χ1) is 7.95. The van der Waals surface area contributed by atoms with Gasteiger partial charge in [-0.2, -0.15) is 0 Å². The van der Waals surface area contributed by atoms with E-state index in [1.807, 2.05) is 6.92 Å². The Bertz CT molecular complexity index is 530. The Morgan fingerprint density at radius 2 is 2.24 bits per heavy atom. The van der Waals surface area contributed by atoms with Crippen LogP contribution in [0.4, 0.5) is 10.1 Å². The van der Waals surface area contributed by atoms with Crippen LogP contribution in [0, 0.1) is 5.82 Å². The Morgan fingerprint density at radius 1 is 1.53 bits per heavy atom. The van der Waals surface area contributed by atoms with Crippen LogP contribution < -0.4 is 4.31 Å². The lowest BCUT2D eigenvalue weighted by molar-refractivity contribution is 0.199. The number of nitrogens with zero attached hydrogens (tertiary/aromatic N) is 1. The topological polar surface area (TPSA) is 57.6 Å². The second-order valence-electron chi connectivity index (χ2n) is 4.07. The highest BCUT2D eigenvalue weighted by atomic mass is 32.2. The van der Waals surface area contributed by atoms with Crippen molar-refractivity contribution in [1.29, 1.82) is 0 Å². The molecule has 94 valence electrons. The normalized spacial score (nSPS) is 22.3. The van der Waals surface area contributed by atoms with Crippen molar-refractivity contribution in [3.05, 3.63) is 29.6 Å². The number of benzene rings is 1. The lowest BCUT2D eigenvalue weighted by Crippen LogP contribution is -2.40. The Morgan fingerprint density at radius 3 is 2.88 bits per heavy atom. The molecule has 6 heteroatoms. The number of aliphatic hydroxyl groups is 1. The van der Waals surface area contributed by atoms with E-state index < -0.39 is 21.9 Å². The van der Waals surface area contributed by atoms with E-state index in [0.29, 0.717) is 24.2 Å². The van der Waals surface area contributed by atoms with Crippen LogP contribution >= 0.6 is 0 Å². The Labute approximate surface area is 99.7 Å². The van der Waals surface area contributed by atoms with E-state index in [9.17, 15) is 17.9 Å². The highest BCUT2D eigenvalue weighted by Gasteiger charge is 2.34. The fourth-order valence-corrected chi connectivity index (χ4v) is 3.70. The van der Waals surface area contributed by atoms with Crippen molar-refractivity contribution in [2.75, 3.05) is 16.6 Å². The van der Waals surface area contributed by atoms with Crippen LogP contribution in [0.25, 0.3) is 0 Å². The number of aliphatic hydroxyl groups excluding tert-OH is 1. The van der Waals surface area contributed by atoms with Gasteiger partial charge in [0.2, 0.25) is 10.0 Å². The number of fused-ring (bicyclic) bond motifs is 1. The van der Waals surface area contributed by atoms with E-state index in [4.69, 9.17) is 0 Å². The van der Waals surface area contributed by atoms with Crippen molar-refractivity contribution in [3.8, 4) is 0 Å². The van der Waals surface area contributed by atoms with Crippen molar-refractivity contribution in [3.63, 3.8) is 0 Å². The lowest BCUT2D eigenvalue weighted by atomic mass is 10.1. The molecule has 1 aromatic rings. The zero-order valence-corrected chi connectivity index (χ0v) is 10.2. The number of hydrogen-bond donors (Lipinski definition) is 1. The summed E-state index contributed by atoms with van der Waals surface area (Å²) < 4.78 is 38.1. The zero-order chi connectivity index (χ0) is 12.6. The molecule has 0 bridgehead atoms. The van der Waals surface area contributed by atoms with Crippen molar-refractivity contribution in [1.82, 2.24) is 0 Å². The monoisotopic (exact) mass is 259 g/mol. The molecule has 1 heterocycles. The molecule has 1 aliphatic heterocycles. The van der Waals surface area contributed by atoms with Crippen molar-refractivity contribution >= 4 is 15.7 Å². The highest BCUT2D eigenvalue weighted by Crippen LogP contribution is 2.35. The Kier molecular flexibility index (Phi) is 3.09. The first kappa shape index (κ1) is 12.3. The molecule has 2 rings (SSSR count). The zero-order valence-electron chi connectivity index (χ0n) is 9.43. The Balaban J connectivity index is 2.57. The molecule has 0 fully saturated rings. The average Bonchev–Trinajstić information content (AvgIpc) is 2.24. The molecule has 0 amide bonds. The molecule has 4 nitrogen and oxygen atoms in total. The molecule has 0 spiro atoms. The van der Waals surface area contributed by atoms with Gasteiger partial charge in [-0.15, -0.1) is 0 Å². The minimum absolute atomic E-state index is 0.341. The van der Waals surface area contributed by atoms with Crippen LogP contribution in [0.3, 0.4) is 0 Å². The molecule has 0 aliphatic carbocycles. The SMILES string of the molecule is CCCN1c2ccc(F)cc2[C@H](O)CS1(=O)=O. The number of rotatable bonds is 2. The minimum atomic E-state index is -3.50. The van der Waals surface area contributed by atoms with Crippen LogP contribution in [0.15, 0.2) is 18.2 Å². The molecular weight excluding hydrogens is 245 g/mol. The maximum absolute atomic E-state index is 13.1. The molecule has 0 saturated heterocycles. The van der Waals surface area contributed by atoms with Gasteiger partial charge in [0.1, 0.15) is 5.82 Å². The summed E-state index contributed by atoms with van der Waals surface area (Å²) in [5.74, 6) is -0.859. The molecule has 17 heavy (non-hydrogen) atoms. The lowest BCUT2D eigenvalue weighted by Gasteiger charge is -2.32. The highest BCUT2D eigenvalue weighted by molar-refractivity contribution is 7.92. The summed E-state index contributed by atoms with van der Waals surface area (Å²) in [7, 11) is -3.50. The summed E-state index contributed by atoms with van der Waals surface area (Å²) in [4.78, 5) is 0. The summed E-state index contributed by atoms with van der Waals surface area (Å²) >= 11 is 0. The third-order valence-corrected chi connectivity index (χ3v) is 4.54. The van der Waals surface area contributed by atoms with Crippen molar-refractivity contribution in [2.45, 2.75) is 19.4 Å². The standard InChI is InChI=1S/C11H14FNO3S/c1-2-5-13-10-4-3-8(12)6-9(10)11(14)7-17(13,15)16/h3-4,6,11,14H,2,5,7H2,1H3/t11-/m1/s1. The van der Waals surface area contributed by atoms with Gasteiger partial charge in [0, 0.05) is 12.1 Å². The van der Waals surface area contributed by atoms with Crippen LogP contribution in [0.5, 0.6) is 0 Å². The molecule has 1 atom stereocenters. The molecule has 1 aromatic carbocycles. The molecule has 1 N–H and O–H groups in total. The smallest absolute Gasteiger partial charge is 0.238 e. The molecule has 0 unspecified atom stereocenters. The van der Waals surface area contributed by atoms with Crippen molar-refractivity contribution in [2.24, 2.45) is 0 Å². The third-order valence-electron chi connectivity index (χ3n) is 2.75. The first-order valence-electron chi connectivity index (χ1n) is 5.43. The maximum Gasteiger partial charge on any atom is 0.238 e. The fourth-order valence-electron chi connectivity index (χ4n) is 2.01. The number of anilines is 1. The Hall–Kier alpha value is -1.14. The summed E-state index contributed by atoms with van der Waals surface area (Å²) in [6.45, 7) is 2.21. The number of sulfonamides is 1. The minimum Gasteiger partial charge on any atom is -0.387 e. The van der Waals surface area contributed by atoms with Gasteiger partial charge >= 0.3 is 0 Å². The van der Waals surface area contributed by atoms with Crippen LogP contribution in [-0.4, -0.2) is 25.8 Å². The average molecular weight is 259 g/mol. The van der Waals surface area contributed by atoms with E-state index in [-0.39, 0.29) is 5.75 Å². The molecule has 0 radical (unpaired) electrons. The van der Waals surface area contributed by atoms with Gasteiger partial charge in [-0.1, -0.05) is 6.92 Å². The van der Waals surface area contributed by atoms with Gasteiger partial charge in [0.25, 0.3) is 0 Å². The fraction of sp³-hybridized carbons (Fsp3) is 0.455. The first-order valence-corrected chi connectivity index (χ1v) is 7.04. The quantitative estimate of drug-likeness (QED) is 0.874. The predicted molar refractivity (Wildman–Crippen MR) is 62.8 cm³/mol. The van der Waals surface area contributed by atoms with E-state index in [1.165, 1.54) is 22.5 Å². The van der Waals surface area contributed by atoms with Gasteiger partial charge in [-0.3, -0.25) is 4.31 Å². The van der Waals surface area contributed by atoms with Gasteiger partial charge in [0.15, 0.2) is 0 Å². The molecule has 0 aromatic heterocycles. The molecule has 1 aliphatic rings. The van der Waals surface area contributed by atoms with Gasteiger partial charge in [0.05, 0.1) is 17.5 Å². The summed E-state index contributed by atoms with van der Waals surface area (Å²) in [5, 5.41) is 9.73. The number of hydrogen-bond acceptors (Lipinski definition) is 3. The second-order valence-corrected chi connectivity index (χ2v) is 6.01. The summed E-state index contributed by atoms with van der Waals surface area (Å²) in [6.07, 6.45) is -0.495.